The minimum absolute atomic E-state index is 0.119. The third kappa shape index (κ3) is 4.71. The molecular formula is C16H26N2O2S. The van der Waals surface area contributed by atoms with Gasteiger partial charge in [-0.05, 0) is 37.6 Å². The lowest BCUT2D eigenvalue weighted by Crippen LogP contribution is -2.45. The maximum atomic E-state index is 11.9. The number of amides is 2. The second-order valence-electron chi connectivity index (χ2n) is 6.07. The van der Waals surface area contributed by atoms with Crippen LogP contribution in [0.5, 0.6) is 0 Å². The number of hydrogen-bond acceptors (Lipinski definition) is 3. The maximum Gasteiger partial charge on any atom is 0.314 e. The summed E-state index contributed by atoms with van der Waals surface area (Å²) in [6.07, 6.45) is 6.30. The molecule has 118 valence electrons. The van der Waals surface area contributed by atoms with Crippen LogP contribution in [0.2, 0.25) is 0 Å². The number of urea groups is 1. The zero-order valence-electron chi connectivity index (χ0n) is 12.7. The Hall–Kier alpha value is -1.07. The number of carbonyl (C=O) groups is 1. The highest BCUT2D eigenvalue weighted by Gasteiger charge is 2.35. The van der Waals surface area contributed by atoms with Gasteiger partial charge >= 0.3 is 6.03 Å². The first-order valence-corrected chi connectivity index (χ1v) is 8.74. The van der Waals surface area contributed by atoms with Gasteiger partial charge in [-0.3, -0.25) is 0 Å². The topological polar surface area (TPSA) is 61.4 Å². The number of hydrogen-bond donors (Lipinski definition) is 3. The van der Waals surface area contributed by atoms with E-state index in [1.165, 1.54) is 24.1 Å². The highest BCUT2D eigenvalue weighted by molar-refractivity contribution is 7.10. The van der Waals surface area contributed by atoms with Gasteiger partial charge in [0, 0.05) is 23.4 Å². The van der Waals surface area contributed by atoms with Crippen LogP contribution in [-0.4, -0.2) is 30.3 Å². The summed E-state index contributed by atoms with van der Waals surface area (Å²) in [5.41, 5.74) is 0.119. The Morgan fingerprint density at radius 2 is 2.14 bits per heavy atom. The SMILES string of the molecule is CC(O)CCNC(=O)NCC1(c2cccs2)CCCCC1. The molecule has 1 aliphatic rings. The van der Waals surface area contributed by atoms with Crippen LogP contribution in [0.1, 0.15) is 50.3 Å². The maximum absolute atomic E-state index is 11.9. The van der Waals surface area contributed by atoms with Crippen LogP contribution in [0, 0.1) is 0 Å². The molecule has 1 unspecified atom stereocenters. The normalized spacial score (nSPS) is 19.0. The van der Waals surface area contributed by atoms with E-state index in [9.17, 15) is 9.90 Å². The van der Waals surface area contributed by atoms with Gasteiger partial charge in [-0.2, -0.15) is 0 Å². The standard InChI is InChI=1S/C16H26N2O2S/c1-13(19)7-10-17-15(20)18-12-16(8-3-2-4-9-16)14-6-5-11-21-14/h5-6,11,13,19H,2-4,7-10,12H2,1H3,(H2,17,18,20). The van der Waals surface area contributed by atoms with E-state index in [1.54, 1.807) is 18.3 Å². The van der Waals surface area contributed by atoms with Gasteiger partial charge in [0.05, 0.1) is 6.10 Å². The van der Waals surface area contributed by atoms with Gasteiger partial charge in [0.25, 0.3) is 0 Å². The second kappa shape index (κ2) is 7.80. The Morgan fingerprint density at radius 3 is 2.76 bits per heavy atom. The lowest BCUT2D eigenvalue weighted by atomic mass is 9.73. The summed E-state index contributed by atoms with van der Waals surface area (Å²) in [5, 5.41) is 17.2. The fourth-order valence-corrected chi connectivity index (χ4v) is 4.01. The van der Waals surface area contributed by atoms with Crippen LogP contribution in [0.15, 0.2) is 17.5 Å². The molecule has 4 nitrogen and oxygen atoms in total. The Morgan fingerprint density at radius 1 is 1.38 bits per heavy atom. The highest BCUT2D eigenvalue weighted by Crippen LogP contribution is 2.40. The molecule has 0 aromatic carbocycles. The minimum Gasteiger partial charge on any atom is -0.393 e. The zero-order chi connectivity index (χ0) is 15.1. The average molecular weight is 310 g/mol. The van der Waals surface area contributed by atoms with Gasteiger partial charge in [0.1, 0.15) is 0 Å². The first-order valence-electron chi connectivity index (χ1n) is 7.86. The van der Waals surface area contributed by atoms with E-state index >= 15 is 0 Å². The van der Waals surface area contributed by atoms with Gasteiger partial charge in [-0.25, -0.2) is 4.79 Å². The van der Waals surface area contributed by atoms with E-state index in [0.29, 0.717) is 19.5 Å². The zero-order valence-corrected chi connectivity index (χ0v) is 13.5. The van der Waals surface area contributed by atoms with E-state index in [1.807, 2.05) is 0 Å². The van der Waals surface area contributed by atoms with Crippen molar-refractivity contribution in [2.45, 2.75) is 57.0 Å². The molecule has 1 aromatic heterocycles. The lowest BCUT2D eigenvalue weighted by molar-refractivity contribution is 0.183. The van der Waals surface area contributed by atoms with Crippen molar-refractivity contribution in [2.24, 2.45) is 0 Å². The van der Waals surface area contributed by atoms with Gasteiger partial charge in [0.2, 0.25) is 0 Å². The summed E-state index contributed by atoms with van der Waals surface area (Å²) in [5.74, 6) is 0. The summed E-state index contributed by atoms with van der Waals surface area (Å²) in [6.45, 7) is 2.94. The molecule has 2 amide bonds. The molecule has 0 bridgehead atoms. The van der Waals surface area contributed by atoms with E-state index < -0.39 is 0 Å². The Labute approximate surface area is 131 Å². The number of nitrogens with one attached hydrogen (secondary N) is 2. The number of aliphatic hydroxyl groups is 1. The van der Waals surface area contributed by atoms with Crippen LogP contribution >= 0.6 is 11.3 Å². The van der Waals surface area contributed by atoms with E-state index in [4.69, 9.17) is 0 Å². The smallest absolute Gasteiger partial charge is 0.314 e. The number of carbonyl (C=O) groups excluding carboxylic acids is 1. The molecule has 0 saturated heterocycles. The first kappa shape index (κ1) is 16.3. The predicted octanol–water partition coefficient (Wildman–Crippen LogP) is 3.02. The fourth-order valence-electron chi connectivity index (χ4n) is 3.03. The average Bonchev–Trinajstić information content (AvgIpc) is 3.00. The van der Waals surface area contributed by atoms with Crippen molar-refractivity contribution in [1.82, 2.24) is 10.6 Å². The number of thiophene rings is 1. The molecule has 1 aromatic rings. The van der Waals surface area contributed by atoms with Gasteiger partial charge in [-0.1, -0.05) is 25.3 Å². The van der Waals surface area contributed by atoms with Gasteiger partial charge in [0.15, 0.2) is 0 Å². The van der Waals surface area contributed by atoms with Gasteiger partial charge < -0.3 is 15.7 Å². The monoisotopic (exact) mass is 310 g/mol. The van der Waals surface area contributed by atoms with Crippen molar-refractivity contribution in [3.05, 3.63) is 22.4 Å². The molecule has 0 spiro atoms. The number of aliphatic hydroxyl groups excluding tert-OH is 1. The largest absolute Gasteiger partial charge is 0.393 e. The molecule has 1 saturated carbocycles. The summed E-state index contributed by atoms with van der Waals surface area (Å²) in [4.78, 5) is 13.3. The van der Waals surface area contributed by atoms with Crippen LogP contribution in [-0.2, 0) is 5.41 Å². The molecule has 21 heavy (non-hydrogen) atoms. The fraction of sp³-hybridized carbons (Fsp3) is 0.688. The summed E-state index contributed by atoms with van der Waals surface area (Å²) in [7, 11) is 0. The van der Waals surface area contributed by atoms with Gasteiger partial charge in [-0.15, -0.1) is 11.3 Å². The molecule has 5 heteroatoms. The quantitative estimate of drug-likeness (QED) is 0.756. The van der Waals surface area contributed by atoms with Crippen molar-refractivity contribution in [3.8, 4) is 0 Å². The second-order valence-corrected chi connectivity index (χ2v) is 7.01. The Bertz CT molecular complexity index is 425. The number of rotatable bonds is 6. The molecule has 1 fully saturated rings. The van der Waals surface area contributed by atoms with Crippen LogP contribution in [0.25, 0.3) is 0 Å². The Balaban J connectivity index is 1.87. The third-order valence-corrected chi connectivity index (χ3v) is 5.41. The molecule has 3 N–H and O–H groups in total. The van der Waals surface area contributed by atoms with E-state index in [2.05, 4.69) is 28.1 Å². The third-order valence-electron chi connectivity index (χ3n) is 4.29. The molecule has 1 aliphatic carbocycles. The van der Waals surface area contributed by atoms with Crippen molar-refractivity contribution >= 4 is 17.4 Å². The molecule has 0 aliphatic heterocycles. The lowest BCUT2D eigenvalue weighted by Gasteiger charge is -2.36. The van der Waals surface area contributed by atoms with Crippen LogP contribution in [0.3, 0.4) is 0 Å². The minimum atomic E-state index is -0.374. The molecule has 1 heterocycles. The Kier molecular flexibility index (Phi) is 6.06. The summed E-state index contributed by atoms with van der Waals surface area (Å²) < 4.78 is 0. The highest BCUT2D eigenvalue weighted by atomic mass is 32.1. The summed E-state index contributed by atoms with van der Waals surface area (Å²) in [6, 6.07) is 4.17. The van der Waals surface area contributed by atoms with Crippen molar-refractivity contribution in [3.63, 3.8) is 0 Å². The van der Waals surface area contributed by atoms with Crippen molar-refractivity contribution < 1.29 is 9.90 Å². The molecule has 2 rings (SSSR count). The van der Waals surface area contributed by atoms with Crippen LogP contribution < -0.4 is 10.6 Å². The van der Waals surface area contributed by atoms with Crippen LogP contribution in [0.4, 0.5) is 4.79 Å². The first-order chi connectivity index (χ1) is 10.1. The molecule has 0 radical (unpaired) electrons. The predicted molar refractivity (Wildman–Crippen MR) is 86.8 cm³/mol. The molecule has 1 atom stereocenters. The van der Waals surface area contributed by atoms with E-state index in [0.717, 1.165) is 12.8 Å². The summed E-state index contributed by atoms with van der Waals surface area (Å²) >= 11 is 1.80. The van der Waals surface area contributed by atoms with Crippen molar-refractivity contribution in [1.29, 1.82) is 0 Å². The molecular weight excluding hydrogens is 284 g/mol. The van der Waals surface area contributed by atoms with Crippen molar-refractivity contribution in [2.75, 3.05) is 13.1 Å². The van der Waals surface area contributed by atoms with E-state index in [-0.39, 0.29) is 17.6 Å².